The lowest BCUT2D eigenvalue weighted by molar-refractivity contribution is 0.0211. The van der Waals surface area contributed by atoms with Gasteiger partial charge in [0, 0.05) is 32.8 Å². The molecule has 1 aromatic rings. The van der Waals surface area contributed by atoms with E-state index < -0.39 is 10.0 Å². The summed E-state index contributed by atoms with van der Waals surface area (Å²) in [6.07, 6.45) is 6.44. The van der Waals surface area contributed by atoms with Crippen molar-refractivity contribution in [2.45, 2.75) is 44.6 Å². The molecule has 0 N–H and O–H groups in total. The van der Waals surface area contributed by atoms with E-state index in [0.717, 1.165) is 51.9 Å². The molecule has 25 heavy (non-hydrogen) atoms. The molecule has 1 aromatic heterocycles. The van der Waals surface area contributed by atoms with Gasteiger partial charge < -0.3 is 14.0 Å². The summed E-state index contributed by atoms with van der Waals surface area (Å²) < 4.78 is 41.8. The highest BCUT2D eigenvalue weighted by molar-refractivity contribution is 7.88. The van der Waals surface area contributed by atoms with Crippen LogP contribution in [0.2, 0.25) is 0 Å². The van der Waals surface area contributed by atoms with Crippen molar-refractivity contribution in [1.29, 1.82) is 0 Å². The van der Waals surface area contributed by atoms with Gasteiger partial charge in [-0.15, -0.1) is 0 Å². The number of hydrogen-bond donors (Lipinski definition) is 0. The van der Waals surface area contributed by atoms with Gasteiger partial charge in [-0.2, -0.15) is 9.29 Å². The van der Waals surface area contributed by atoms with Crippen molar-refractivity contribution in [2.75, 3.05) is 39.2 Å². The summed E-state index contributed by atoms with van der Waals surface area (Å²) >= 11 is 0. The first-order chi connectivity index (χ1) is 12.0. The molecule has 0 saturated carbocycles. The van der Waals surface area contributed by atoms with Crippen LogP contribution in [0, 0.1) is 5.92 Å². The summed E-state index contributed by atoms with van der Waals surface area (Å²) in [5.41, 5.74) is 0. The molecule has 0 radical (unpaired) electrons. The van der Waals surface area contributed by atoms with Crippen molar-refractivity contribution in [3.05, 3.63) is 11.7 Å². The molecular formula is C16H27N3O5S. The molecule has 142 valence electrons. The van der Waals surface area contributed by atoms with Crippen LogP contribution in [0.1, 0.15) is 49.9 Å². The summed E-state index contributed by atoms with van der Waals surface area (Å²) in [7, 11) is -3.28. The van der Waals surface area contributed by atoms with E-state index in [0.29, 0.717) is 37.2 Å². The highest BCUT2D eigenvalue weighted by Gasteiger charge is 2.34. The lowest BCUT2D eigenvalue weighted by Crippen LogP contribution is -2.37. The predicted molar refractivity (Wildman–Crippen MR) is 90.5 cm³/mol. The van der Waals surface area contributed by atoms with Crippen molar-refractivity contribution in [1.82, 2.24) is 14.4 Å². The van der Waals surface area contributed by atoms with Crippen molar-refractivity contribution in [2.24, 2.45) is 5.92 Å². The van der Waals surface area contributed by atoms with E-state index in [2.05, 4.69) is 10.1 Å². The van der Waals surface area contributed by atoms with Gasteiger partial charge >= 0.3 is 0 Å². The molecule has 0 bridgehead atoms. The molecule has 3 heterocycles. The van der Waals surface area contributed by atoms with Crippen LogP contribution in [-0.2, 0) is 25.9 Å². The van der Waals surface area contributed by atoms with Crippen molar-refractivity contribution in [3.8, 4) is 0 Å². The average Bonchev–Trinajstić information content (AvgIpc) is 3.08. The van der Waals surface area contributed by atoms with Gasteiger partial charge in [0.15, 0.2) is 5.82 Å². The fourth-order valence-corrected chi connectivity index (χ4v) is 4.50. The van der Waals surface area contributed by atoms with Crippen LogP contribution in [0.15, 0.2) is 4.52 Å². The number of piperidine rings is 1. The molecule has 0 aromatic carbocycles. The van der Waals surface area contributed by atoms with Gasteiger partial charge in [0.05, 0.1) is 12.9 Å². The van der Waals surface area contributed by atoms with Crippen LogP contribution >= 0.6 is 0 Å². The van der Waals surface area contributed by atoms with E-state index in [4.69, 9.17) is 14.0 Å². The summed E-state index contributed by atoms with van der Waals surface area (Å²) in [5, 5.41) is 3.98. The first-order valence-electron chi connectivity index (χ1n) is 8.99. The Kier molecular flexibility index (Phi) is 6.43. The minimum atomic E-state index is -3.28. The smallest absolute Gasteiger partial charge is 0.245 e. The van der Waals surface area contributed by atoms with Crippen LogP contribution in [-0.4, -0.2) is 62.1 Å². The monoisotopic (exact) mass is 373 g/mol. The Balaban J connectivity index is 1.49. The van der Waals surface area contributed by atoms with Gasteiger partial charge in [0.1, 0.15) is 6.04 Å². The SMILES string of the molecule is CS(=O)(=O)N1CCCCC1c1nc(CCOCC2CCOCC2)no1. The van der Waals surface area contributed by atoms with Crippen molar-refractivity contribution < 1.29 is 22.4 Å². The normalized spacial score (nSPS) is 23.8. The van der Waals surface area contributed by atoms with Crippen LogP contribution in [0.4, 0.5) is 0 Å². The molecule has 3 rings (SSSR count). The van der Waals surface area contributed by atoms with E-state index in [1.54, 1.807) is 0 Å². The van der Waals surface area contributed by atoms with Gasteiger partial charge in [-0.3, -0.25) is 0 Å². The molecule has 2 fully saturated rings. The number of hydrogen-bond acceptors (Lipinski definition) is 7. The Hall–Kier alpha value is -1.03. The molecule has 1 atom stereocenters. The van der Waals surface area contributed by atoms with Gasteiger partial charge in [-0.25, -0.2) is 8.42 Å². The Morgan fingerprint density at radius 3 is 2.80 bits per heavy atom. The first-order valence-corrected chi connectivity index (χ1v) is 10.8. The Morgan fingerprint density at radius 2 is 2.04 bits per heavy atom. The van der Waals surface area contributed by atoms with Crippen molar-refractivity contribution >= 4 is 10.0 Å². The van der Waals surface area contributed by atoms with E-state index in [1.165, 1.54) is 10.6 Å². The zero-order valence-electron chi connectivity index (χ0n) is 14.7. The molecular weight excluding hydrogens is 346 g/mol. The molecule has 2 aliphatic rings. The Bertz CT molecular complexity index is 642. The largest absolute Gasteiger partial charge is 0.381 e. The average molecular weight is 373 g/mol. The second-order valence-corrected chi connectivity index (χ2v) is 8.75. The number of nitrogens with zero attached hydrogens (tertiary/aromatic N) is 3. The summed E-state index contributed by atoms with van der Waals surface area (Å²) in [5.74, 6) is 1.53. The Morgan fingerprint density at radius 1 is 1.24 bits per heavy atom. The molecule has 2 aliphatic heterocycles. The maximum Gasteiger partial charge on any atom is 0.245 e. The highest BCUT2D eigenvalue weighted by atomic mass is 32.2. The number of ether oxygens (including phenoxy) is 2. The third-order valence-corrected chi connectivity index (χ3v) is 6.10. The third kappa shape index (κ3) is 5.22. The molecule has 8 nitrogen and oxygen atoms in total. The maximum atomic E-state index is 11.9. The van der Waals surface area contributed by atoms with E-state index in [-0.39, 0.29) is 6.04 Å². The highest BCUT2D eigenvalue weighted by Crippen LogP contribution is 2.31. The fourth-order valence-electron chi connectivity index (χ4n) is 3.38. The zero-order chi connectivity index (χ0) is 17.7. The summed E-state index contributed by atoms with van der Waals surface area (Å²) in [6.45, 7) is 3.42. The van der Waals surface area contributed by atoms with Gasteiger partial charge in [0.2, 0.25) is 15.9 Å². The van der Waals surface area contributed by atoms with Gasteiger partial charge in [-0.05, 0) is 31.6 Å². The van der Waals surface area contributed by atoms with E-state index in [9.17, 15) is 8.42 Å². The van der Waals surface area contributed by atoms with Gasteiger partial charge in [-0.1, -0.05) is 11.6 Å². The molecule has 9 heteroatoms. The standard InChI is InChI=1S/C16H27N3O5S/c1-25(20,21)19-8-3-2-4-14(19)16-17-15(18-24-16)7-11-23-12-13-5-9-22-10-6-13/h13-14H,2-12H2,1H3. The third-order valence-electron chi connectivity index (χ3n) is 4.81. The van der Waals surface area contributed by atoms with Crippen molar-refractivity contribution in [3.63, 3.8) is 0 Å². The second-order valence-electron chi connectivity index (χ2n) is 6.81. The van der Waals surface area contributed by atoms with Gasteiger partial charge in [0.25, 0.3) is 0 Å². The lowest BCUT2D eigenvalue weighted by Gasteiger charge is -2.30. The number of rotatable bonds is 7. The van der Waals surface area contributed by atoms with E-state index in [1.807, 2.05) is 0 Å². The topological polar surface area (TPSA) is 94.8 Å². The van der Waals surface area contributed by atoms with Crippen LogP contribution < -0.4 is 0 Å². The van der Waals surface area contributed by atoms with Crippen LogP contribution in [0.25, 0.3) is 0 Å². The van der Waals surface area contributed by atoms with Crippen LogP contribution in [0.3, 0.4) is 0 Å². The minimum Gasteiger partial charge on any atom is -0.381 e. The number of sulfonamides is 1. The first kappa shape index (κ1) is 18.8. The fraction of sp³-hybridized carbons (Fsp3) is 0.875. The van der Waals surface area contributed by atoms with E-state index >= 15 is 0 Å². The predicted octanol–water partition coefficient (Wildman–Crippen LogP) is 1.54. The molecule has 0 aliphatic carbocycles. The molecule has 0 spiro atoms. The molecule has 0 amide bonds. The molecule has 2 saturated heterocycles. The maximum absolute atomic E-state index is 11.9. The Labute approximate surface area is 148 Å². The quantitative estimate of drug-likeness (QED) is 0.669. The molecule has 1 unspecified atom stereocenters. The minimum absolute atomic E-state index is 0.340. The summed E-state index contributed by atoms with van der Waals surface area (Å²) in [4.78, 5) is 4.40. The zero-order valence-corrected chi connectivity index (χ0v) is 15.5. The lowest BCUT2D eigenvalue weighted by atomic mass is 10.0. The van der Waals surface area contributed by atoms with Crippen LogP contribution in [0.5, 0.6) is 0 Å². The summed E-state index contributed by atoms with van der Waals surface area (Å²) in [6, 6.07) is -0.340. The number of aromatic nitrogens is 2. The second kappa shape index (κ2) is 8.57.